The molecule has 0 spiro atoms. The number of alkyl halides is 3. The van der Waals surface area contributed by atoms with E-state index in [0.717, 1.165) is 25.3 Å². The molecule has 0 fully saturated rings. The van der Waals surface area contributed by atoms with Crippen molar-refractivity contribution in [1.82, 2.24) is 0 Å². The molecule has 0 amide bonds. The molecular weight excluding hydrogens is 255 g/mol. The lowest BCUT2D eigenvalue weighted by Crippen LogP contribution is -2.23. The number of halogens is 3. The van der Waals surface area contributed by atoms with E-state index < -0.39 is 29.9 Å². The lowest BCUT2D eigenvalue weighted by molar-refractivity contribution is -0.274. The topological polar surface area (TPSA) is 81.8 Å². The van der Waals surface area contributed by atoms with Gasteiger partial charge in [-0.15, -0.1) is 13.2 Å². The van der Waals surface area contributed by atoms with Gasteiger partial charge in [0.05, 0.1) is 7.11 Å². The van der Waals surface area contributed by atoms with Crippen LogP contribution in [0.5, 0.6) is 11.5 Å². The van der Waals surface area contributed by atoms with E-state index in [-0.39, 0.29) is 5.56 Å². The van der Waals surface area contributed by atoms with Gasteiger partial charge in [-0.1, -0.05) is 0 Å². The Balaban J connectivity index is 3.05. The van der Waals surface area contributed by atoms with E-state index in [4.69, 9.17) is 5.73 Å². The van der Waals surface area contributed by atoms with Gasteiger partial charge < -0.3 is 20.3 Å². The van der Waals surface area contributed by atoms with E-state index >= 15 is 0 Å². The number of ether oxygens (including phenoxy) is 2. The molecule has 0 unspecified atom stereocenters. The van der Waals surface area contributed by atoms with Gasteiger partial charge >= 0.3 is 12.3 Å². The average Bonchev–Trinajstić information content (AvgIpc) is 2.28. The van der Waals surface area contributed by atoms with Gasteiger partial charge in [-0.3, -0.25) is 4.79 Å². The number of benzene rings is 1. The van der Waals surface area contributed by atoms with Crippen molar-refractivity contribution in [2.45, 2.75) is 12.4 Å². The molecule has 0 aromatic heterocycles. The summed E-state index contributed by atoms with van der Waals surface area (Å²) in [6, 6.07) is 1.27. The summed E-state index contributed by atoms with van der Waals surface area (Å²) in [7, 11) is 1.06. The van der Waals surface area contributed by atoms with Crippen molar-refractivity contribution in [1.29, 1.82) is 0 Å². The van der Waals surface area contributed by atoms with Crippen LogP contribution in [0.25, 0.3) is 0 Å². The molecule has 5 nitrogen and oxygen atoms in total. The van der Waals surface area contributed by atoms with E-state index in [1.165, 1.54) is 0 Å². The molecule has 18 heavy (non-hydrogen) atoms. The highest BCUT2D eigenvalue weighted by molar-refractivity contribution is 5.78. The Morgan fingerprint density at radius 1 is 1.44 bits per heavy atom. The van der Waals surface area contributed by atoms with Crippen LogP contribution in [-0.4, -0.2) is 24.5 Å². The number of carbonyl (C=O) groups is 1. The summed E-state index contributed by atoms with van der Waals surface area (Å²) < 4.78 is 43.9. The standard InChI is InChI=1S/C10H10F3NO4/c1-17-9(16)8(14)6-4-5(2-3-7(6)15)18-10(11,12)13/h2-4,8,15H,14H2,1H3/t8-/m0/s1. The molecule has 1 aromatic carbocycles. The Morgan fingerprint density at radius 2 is 2.06 bits per heavy atom. The molecule has 0 saturated carbocycles. The number of hydrogen-bond acceptors (Lipinski definition) is 5. The summed E-state index contributed by atoms with van der Waals surface area (Å²) in [5.41, 5.74) is 5.19. The normalized spacial score (nSPS) is 12.9. The first-order valence-corrected chi connectivity index (χ1v) is 4.66. The van der Waals surface area contributed by atoms with Crippen LogP contribution in [0.4, 0.5) is 13.2 Å². The number of phenols is 1. The molecule has 0 bridgehead atoms. The number of rotatable bonds is 3. The molecule has 8 heteroatoms. The minimum Gasteiger partial charge on any atom is -0.508 e. The van der Waals surface area contributed by atoms with Crippen molar-refractivity contribution < 1.29 is 32.5 Å². The largest absolute Gasteiger partial charge is 0.573 e. The lowest BCUT2D eigenvalue weighted by Gasteiger charge is -2.14. The second kappa shape index (κ2) is 5.13. The highest BCUT2D eigenvalue weighted by atomic mass is 19.4. The van der Waals surface area contributed by atoms with E-state index in [0.29, 0.717) is 0 Å². The molecule has 0 heterocycles. The third-order valence-electron chi connectivity index (χ3n) is 2.02. The highest BCUT2D eigenvalue weighted by Gasteiger charge is 2.32. The Bertz CT molecular complexity index is 447. The molecule has 0 aliphatic carbocycles. The van der Waals surface area contributed by atoms with Crippen LogP contribution in [-0.2, 0) is 9.53 Å². The Morgan fingerprint density at radius 3 is 2.56 bits per heavy atom. The molecule has 0 aliphatic heterocycles. The summed E-state index contributed by atoms with van der Waals surface area (Å²) in [4.78, 5) is 11.1. The van der Waals surface area contributed by atoms with Crippen LogP contribution in [0.1, 0.15) is 11.6 Å². The minimum atomic E-state index is -4.87. The maximum atomic E-state index is 12.0. The fourth-order valence-corrected chi connectivity index (χ4v) is 1.23. The molecule has 3 N–H and O–H groups in total. The van der Waals surface area contributed by atoms with E-state index in [1.807, 2.05) is 0 Å². The maximum absolute atomic E-state index is 12.0. The molecule has 0 saturated heterocycles. The van der Waals surface area contributed by atoms with Gasteiger partial charge in [0.1, 0.15) is 17.5 Å². The number of aromatic hydroxyl groups is 1. The smallest absolute Gasteiger partial charge is 0.508 e. The van der Waals surface area contributed by atoms with Gasteiger partial charge in [-0.25, -0.2) is 0 Å². The summed E-state index contributed by atoms with van der Waals surface area (Å²) in [6.07, 6.45) is -4.87. The minimum absolute atomic E-state index is 0.219. The van der Waals surface area contributed by atoms with Gasteiger partial charge in [0.25, 0.3) is 0 Å². The second-order valence-electron chi connectivity index (χ2n) is 3.27. The van der Waals surface area contributed by atoms with Crippen LogP contribution in [0.3, 0.4) is 0 Å². The monoisotopic (exact) mass is 265 g/mol. The van der Waals surface area contributed by atoms with Crippen LogP contribution >= 0.6 is 0 Å². The van der Waals surface area contributed by atoms with E-state index in [2.05, 4.69) is 9.47 Å². The quantitative estimate of drug-likeness (QED) is 0.808. The molecule has 0 aliphatic rings. The number of esters is 1. The van der Waals surface area contributed by atoms with Crippen molar-refractivity contribution in [3.63, 3.8) is 0 Å². The maximum Gasteiger partial charge on any atom is 0.573 e. The third-order valence-corrected chi connectivity index (χ3v) is 2.02. The summed E-state index contributed by atoms with van der Waals surface area (Å²) in [5.74, 6) is -1.91. The summed E-state index contributed by atoms with van der Waals surface area (Å²) >= 11 is 0. The lowest BCUT2D eigenvalue weighted by atomic mass is 10.1. The highest BCUT2D eigenvalue weighted by Crippen LogP contribution is 2.30. The average molecular weight is 265 g/mol. The zero-order valence-electron chi connectivity index (χ0n) is 9.19. The van der Waals surface area contributed by atoms with Crippen molar-refractivity contribution in [2.75, 3.05) is 7.11 Å². The molecule has 1 atom stereocenters. The van der Waals surface area contributed by atoms with Crippen molar-refractivity contribution >= 4 is 5.97 Å². The Kier molecular flexibility index (Phi) is 4.02. The predicted molar refractivity (Wildman–Crippen MR) is 53.7 cm³/mol. The number of nitrogens with two attached hydrogens (primary N) is 1. The van der Waals surface area contributed by atoms with Gasteiger partial charge in [0, 0.05) is 5.56 Å². The SMILES string of the molecule is COC(=O)[C@@H](N)c1cc(OC(F)(F)F)ccc1O. The Labute approximate surface area is 99.9 Å². The first kappa shape index (κ1) is 14.1. The van der Waals surface area contributed by atoms with Crippen LogP contribution in [0.15, 0.2) is 18.2 Å². The van der Waals surface area contributed by atoms with E-state index in [9.17, 15) is 23.1 Å². The van der Waals surface area contributed by atoms with Crippen molar-refractivity contribution in [3.05, 3.63) is 23.8 Å². The van der Waals surface area contributed by atoms with Crippen LogP contribution in [0.2, 0.25) is 0 Å². The molecule has 100 valence electrons. The van der Waals surface area contributed by atoms with Gasteiger partial charge in [0.2, 0.25) is 0 Å². The fraction of sp³-hybridized carbons (Fsp3) is 0.300. The first-order valence-electron chi connectivity index (χ1n) is 4.66. The van der Waals surface area contributed by atoms with E-state index in [1.54, 1.807) is 0 Å². The van der Waals surface area contributed by atoms with Gasteiger partial charge in [-0.05, 0) is 18.2 Å². The van der Waals surface area contributed by atoms with Crippen molar-refractivity contribution in [3.8, 4) is 11.5 Å². The summed E-state index contributed by atoms with van der Waals surface area (Å²) in [5, 5.41) is 9.42. The van der Waals surface area contributed by atoms with Gasteiger partial charge in [0.15, 0.2) is 0 Å². The predicted octanol–water partition coefficient (Wildman–Crippen LogP) is 1.46. The Hall–Kier alpha value is -1.96. The van der Waals surface area contributed by atoms with Crippen molar-refractivity contribution in [2.24, 2.45) is 5.73 Å². The van der Waals surface area contributed by atoms with Crippen LogP contribution < -0.4 is 10.5 Å². The molecule has 0 radical (unpaired) electrons. The molecular formula is C10H10F3NO4. The fourth-order valence-electron chi connectivity index (χ4n) is 1.23. The first-order chi connectivity index (χ1) is 8.24. The summed E-state index contributed by atoms with van der Waals surface area (Å²) in [6.45, 7) is 0. The third kappa shape index (κ3) is 3.52. The number of carbonyl (C=O) groups excluding carboxylic acids is 1. The zero-order valence-corrected chi connectivity index (χ0v) is 9.19. The van der Waals surface area contributed by atoms with Gasteiger partial charge in [-0.2, -0.15) is 0 Å². The number of hydrogen-bond donors (Lipinski definition) is 2. The molecule has 1 aromatic rings. The number of phenolic OH excluding ortho intramolecular Hbond substituents is 1. The zero-order chi connectivity index (χ0) is 13.9. The van der Waals surface area contributed by atoms with Crippen LogP contribution in [0, 0.1) is 0 Å². The second-order valence-corrected chi connectivity index (χ2v) is 3.27. The number of methoxy groups -OCH3 is 1. The molecule has 1 rings (SSSR count).